The van der Waals surface area contributed by atoms with E-state index < -0.39 is 0 Å². The topological polar surface area (TPSA) is 17.8 Å². The number of nitrogens with zero attached hydrogens (tertiary/aromatic N) is 2. The van der Waals surface area contributed by atoms with Gasteiger partial charge in [-0.25, -0.2) is 4.98 Å². The van der Waals surface area contributed by atoms with Crippen LogP contribution >= 0.6 is 0 Å². The molecule has 1 heterocycles. The summed E-state index contributed by atoms with van der Waals surface area (Å²) < 4.78 is 2.29. The molecule has 0 aliphatic rings. The fraction of sp³-hybridized carbons (Fsp3) is 0.522. The van der Waals surface area contributed by atoms with E-state index in [0.29, 0.717) is 0 Å². The summed E-state index contributed by atoms with van der Waals surface area (Å²) in [6, 6.07) is 8.61. The van der Waals surface area contributed by atoms with Crippen LogP contribution in [0.4, 0.5) is 0 Å². The molecular weight excluding hydrogens is 304 g/mol. The maximum atomic E-state index is 4.56. The SMILES string of the molecule is C=Cc1ccc(Cn2ccnc2CCCCCCCCCCC)cc1. The Hall–Kier alpha value is -1.83. The normalized spacial score (nSPS) is 10.9. The molecule has 0 aliphatic carbocycles. The number of hydrogen-bond acceptors (Lipinski definition) is 1. The van der Waals surface area contributed by atoms with Crippen LogP contribution < -0.4 is 0 Å². The molecule has 0 N–H and O–H groups in total. The van der Waals surface area contributed by atoms with Crippen LogP contribution in [0.3, 0.4) is 0 Å². The van der Waals surface area contributed by atoms with Crippen LogP contribution in [0.15, 0.2) is 43.2 Å². The van der Waals surface area contributed by atoms with Crippen molar-refractivity contribution in [2.75, 3.05) is 0 Å². The molecule has 0 spiro atoms. The van der Waals surface area contributed by atoms with Crippen LogP contribution in [0.1, 0.15) is 81.7 Å². The zero-order chi connectivity index (χ0) is 17.7. The maximum Gasteiger partial charge on any atom is 0.108 e. The Morgan fingerprint density at radius 1 is 0.920 bits per heavy atom. The number of unbranched alkanes of at least 4 members (excludes halogenated alkanes) is 8. The monoisotopic (exact) mass is 338 g/mol. The lowest BCUT2D eigenvalue weighted by Crippen LogP contribution is -2.04. The fourth-order valence-electron chi connectivity index (χ4n) is 3.26. The lowest BCUT2D eigenvalue weighted by molar-refractivity contribution is 0.558. The molecule has 2 rings (SSSR count). The van der Waals surface area contributed by atoms with Crippen LogP contribution in [0.2, 0.25) is 0 Å². The zero-order valence-electron chi connectivity index (χ0n) is 15.9. The van der Waals surface area contributed by atoms with Crippen molar-refractivity contribution in [1.29, 1.82) is 0 Å². The van der Waals surface area contributed by atoms with E-state index in [1.165, 1.54) is 74.7 Å². The highest BCUT2D eigenvalue weighted by Gasteiger charge is 2.04. The lowest BCUT2D eigenvalue weighted by Gasteiger charge is -2.08. The highest BCUT2D eigenvalue weighted by Crippen LogP contribution is 2.13. The van der Waals surface area contributed by atoms with Gasteiger partial charge in [0.2, 0.25) is 0 Å². The van der Waals surface area contributed by atoms with E-state index in [1.54, 1.807) is 0 Å². The second-order valence-electron chi connectivity index (χ2n) is 7.00. The first kappa shape index (κ1) is 19.5. The van der Waals surface area contributed by atoms with E-state index in [2.05, 4.69) is 53.5 Å². The summed E-state index contributed by atoms with van der Waals surface area (Å²) >= 11 is 0. The van der Waals surface area contributed by atoms with Crippen molar-refractivity contribution in [2.45, 2.75) is 77.7 Å². The molecule has 0 radical (unpaired) electrons. The Kier molecular flexibility index (Phi) is 9.11. The van der Waals surface area contributed by atoms with Gasteiger partial charge in [0.25, 0.3) is 0 Å². The number of rotatable bonds is 13. The van der Waals surface area contributed by atoms with E-state index in [0.717, 1.165) is 13.0 Å². The fourth-order valence-corrected chi connectivity index (χ4v) is 3.26. The molecule has 136 valence electrons. The molecule has 0 amide bonds. The number of aromatic nitrogens is 2. The number of aryl methyl sites for hydroxylation is 1. The predicted octanol–water partition coefficient (Wildman–Crippen LogP) is 6.65. The molecule has 0 saturated carbocycles. The van der Waals surface area contributed by atoms with Gasteiger partial charge < -0.3 is 4.57 Å². The summed E-state index contributed by atoms with van der Waals surface area (Å²) in [5.41, 5.74) is 2.49. The molecule has 0 unspecified atom stereocenters. The molecule has 0 aliphatic heterocycles. The van der Waals surface area contributed by atoms with Crippen molar-refractivity contribution < 1.29 is 0 Å². The minimum atomic E-state index is 0.907. The van der Waals surface area contributed by atoms with Crippen molar-refractivity contribution in [3.63, 3.8) is 0 Å². The van der Waals surface area contributed by atoms with Crippen molar-refractivity contribution in [2.24, 2.45) is 0 Å². The molecule has 0 bridgehead atoms. The van der Waals surface area contributed by atoms with Crippen LogP contribution in [-0.2, 0) is 13.0 Å². The Labute approximate surface area is 154 Å². The summed E-state index contributed by atoms with van der Waals surface area (Å²) in [6.07, 6.45) is 19.3. The maximum absolute atomic E-state index is 4.56. The van der Waals surface area contributed by atoms with Gasteiger partial charge in [-0.05, 0) is 17.5 Å². The van der Waals surface area contributed by atoms with Gasteiger partial charge in [0.1, 0.15) is 5.82 Å². The molecule has 0 fully saturated rings. The molecule has 2 heteroatoms. The van der Waals surface area contributed by atoms with Gasteiger partial charge in [-0.1, -0.05) is 95.2 Å². The number of imidazole rings is 1. The number of benzene rings is 1. The van der Waals surface area contributed by atoms with Gasteiger partial charge in [0, 0.05) is 25.4 Å². The van der Waals surface area contributed by atoms with Gasteiger partial charge in [-0.2, -0.15) is 0 Å². The van der Waals surface area contributed by atoms with Gasteiger partial charge in [0.15, 0.2) is 0 Å². The Morgan fingerprint density at radius 3 is 2.20 bits per heavy atom. The Balaban J connectivity index is 1.66. The average molecular weight is 339 g/mol. The third-order valence-corrected chi connectivity index (χ3v) is 4.87. The van der Waals surface area contributed by atoms with E-state index in [1.807, 2.05) is 12.3 Å². The van der Waals surface area contributed by atoms with Crippen LogP contribution in [-0.4, -0.2) is 9.55 Å². The molecule has 1 aromatic carbocycles. The van der Waals surface area contributed by atoms with E-state index in [9.17, 15) is 0 Å². The number of hydrogen-bond donors (Lipinski definition) is 0. The summed E-state index contributed by atoms with van der Waals surface area (Å²) in [7, 11) is 0. The molecule has 25 heavy (non-hydrogen) atoms. The molecule has 2 aromatic rings. The second kappa shape index (κ2) is 11.7. The van der Waals surface area contributed by atoms with Crippen molar-refractivity contribution in [3.05, 3.63) is 60.2 Å². The highest BCUT2D eigenvalue weighted by atomic mass is 15.1. The van der Waals surface area contributed by atoms with Gasteiger partial charge in [-0.15, -0.1) is 0 Å². The molecule has 1 aromatic heterocycles. The van der Waals surface area contributed by atoms with Crippen molar-refractivity contribution >= 4 is 6.08 Å². The average Bonchev–Trinajstić information content (AvgIpc) is 3.08. The minimum Gasteiger partial charge on any atom is -0.331 e. The first-order valence-electron chi connectivity index (χ1n) is 10.0. The smallest absolute Gasteiger partial charge is 0.108 e. The summed E-state index contributed by atoms with van der Waals surface area (Å²) in [4.78, 5) is 4.56. The van der Waals surface area contributed by atoms with Crippen LogP contribution in [0, 0.1) is 0 Å². The first-order chi connectivity index (χ1) is 12.3. The van der Waals surface area contributed by atoms with Crippen LogP contribution in [0.25, 0.3) is 6.08 Å². The molecule has 0 saturated heterocycles. The standard InChI is InChI=1S/C23H34N2/c1-3-5-6-7-8-9-10-11-12-13-23-24-18-19-25(23)20-22-16-14-21(4-2)15-17-22/h4,14-19H,2-3,5-13,20H2,1H3. The van der Waals surface area contributed by atoms with Crippen LogP contribution in [0.5, 0.6) is 0 Å². The predicted molar refractivity (Wildman–Crippen MR) is 109 cm³/mol. The van der Waals surface area contributed by atoms with Gasteiger partial charge in [0.05, 0.1) is 0 Å². The highest BCUT2D eigenvalue weighted by molar-refractivity contribution is 5.47. The lowest BCUT2D eigenvalue weighted by atomic mass is 10.1. The Bertz CT molecular complexity index is 595. The Morgan fingerprint density at radius 2 is 1.56 bits per heavy atom. The van der Waals surface area contributed by atoms with Gasteiger partial charge >= 0.3 is 0 Å². The summed E-state index contributed by atoms with van der Waals surface area (Å²) in [5.74, 6) is 1.22. The molecular formula is C23H34N2. The first-order valence-corrected chi connectivity index (χ1v) is 10.0. The third-order valence-electron chi connectivity index (χ3n) is 4.87. The molecule has 0 atom stereocenters. The van der Waals surface area contributed by atoms with Gasteiger partial charge in [-0.3, -0.25) is 0 Å². The van der Waals surface area contributed by atoms with Crippen molar-refractivity contribution in [1.82, 2.24) is 9.55 Å². The van der Waals surface area contributed by atoms with E-state index >= 15 is 0 Å². The second-order valence-corrected chi connectivity index (χ2v) is 7.00. The summed E-state index contributed by atoms with van der Waals surface area (Å²) in [6.45, 7) is 6.99. The third kappa shape index (κ3) is 7.29. The zero-order valence-corrected chi connectivity index (χ0v) is 15.9. The quantitative estimate of drug-likeness (QED) is 0.374. The molecule has 2 nitrogen and oxygen atoms in total. The van der Waals surface area contributed by atoms with E-state index in [-0.39, 0.29) is 0 Å². The summed E-state index contributed by atoms with van der Waals surface area (Å²) in [5, 5.41) is 0. The van der Waals surface area contributed by atoms with Crippen molar-refractivity contribution in [3.8, 4) is 0 Å². The largest absolute Gasteiger partial charge is 0.331 e. The van der Waals surface area contributed by atoms with E-state index in [4.69, 9.17) is 0 Å². The minimum absolute atomic E-state index is 0.907.